The van der Waals surface area contributed by atoms with Crippen LogP contribution in [0.3, 0.4) is 0 Å². The molecule has 2 rings (SSSR count). The molecule has 6 heteroatoms. The molecule has 1 aliphatic rings. The summed E-state index contributed by atoms with van der Waals surface area (Å²) in [6.07, 6.45) is 4.87. The topological polar surface area (TPSA) is 62.0 Å². The smallest absolute Gasteiger partial charge is 0.191 e. The fourth-order valence-corrected chi connectivity index (χ4v) is 2.91. The lowest BCUT2D eigenvalue weighted by Gasteiger charge is -2.35. The van der Waals surface area contributed by atoms with Crippen LogP contribution >= 0.6 is 0 Å². The SMILES string of the molecule is COCCN=C(NCCc1ccco1)NC1CCN(C(C)C)CC1. The van der Waals surface area contributed by atoms with Gasteiger partial charge in [0.05, 0.1) is 19.4 Å². The van der Waals surface area contributed by atoms with Gasteiger partial charge in [-0.1, -0.05) is 0 Å². The van der Waals surface area contributed by atoms with E-state index in [1.165, 1.54) is 0 Å². The minimum Gasteiger partial charge on any atom is -0.469 e. The van der Waals surface area contributed by atoms with Gasteiger partial charge in [0.25, 0.3) is 0 Å². The number of rotatable bonds is 8. The monoisotopic (exact) mass is 336 g/mol. The number of furan rings is 1. The number of piperidine rings is 1. The van der Waals surface area contributed by atoms with E-state index in [9.17, 15) is 0 Å². The molecular formula is C18H32N4O2. The Bertz CT molecular complexity index is 465. The average molecular weight is 336 g/mol. The third-order valence-corrected chi connectivity index (χ3v) is 4.41. The van der Waals surface area contributed by atoms with Crippen molar-refractivity contribution in [3.63, 3.8) is 0 Å². The number of hydrogen-bond acceptors (Lipinski definition) is 4. The Morgan fingerprint density at radius 1 is 1.42 bits per heavy atom. The van der Waals surface area contributed by atoms with E-state index in [0.29, 0.717) is 25.2 Å². The first-order valence-corrected chi connectivity index (χ1v) is 8.99. The Labute approximate surface area is 145 Å². The maximum Gasteiger partial charge on any atom is 0.191 e. The van der Waals surface area contributed by atoms with Gasteiger partial charge in [-0.05, 0) is 38.8 Å². The Morgan fingerprint density at radius 2 is 2.21 bits per heavy atom. The van der Waals surface area contributed by atoms with E-state index in [0.717, 1.165) is 50.6 Å². The largest absolute Gasteiger partial charge is 0.469 e. The fraction of sp³-hybridized carbons (Fsp3) is 0.722. The molecule has 0 amide bonds. The number of ether oxygens (including phenoxy) is 1. The van der Waals surface area contributed by atoms with Crippen LogP contribution in [0.5, 0.6) is 0 Å². The van der Waals surface area contributed by atoms with Crippen LogP contribution in [0, 0.1) is 0 Å². The molecule has 0 saturated carbocycles. The van der Waals surface area contributed by atoms with Crippen molar-refractivity contribution in [1.82, 2.24) is 15.5 Å². The number of methoxy groups -OCH3 is 1. The third kappa shape index (κ3) is 6.53. The molecule has 0 aliphatic carbocycles. The van der Waals surface area contributed by atoms with Crippen LogP contribution in [-0.4, -0.2) is 62.8 Å². The van der Waals surface area contributed by atoms with Crippen LogP contribution in [0.25, 0.3) is 0 Å². The highest BCUT2D eigenvalue weighted by Gasteiger charge is 2.21. The van der Waals surface area contributed by atoms with Crippen LogP contribution in [0.2, 0.25) is 0 Å². The summed E-state index contributed by atoms with van der Waals surface area (Å²) >= 11 is 0. The summed E-state index contributed by atoms with van der Waals surface area (Å²) in [7, 11) is 1.70. The summed E-state index contributed by atoms with van der Waals surface area (Å²) in [5.74, 6) is 1.87. The van der Waals surface area contributed by atoms with Crippen molar-refractivity contribution in [2.75, 3.05) is 39.9 Å². The molecule has 0 spiro atoms. The van der Waals surface area contributed by atoms with Gasteiger partial charge >= 0.3 is 0 Å². The lowest BCUT2D eigenvalue weighted by molar-refractivity contribution is 0.167. The molecule has 1 aromatic heterocycles. The van der Waals surface area contributed by atoms with E-state index in [4.69, 9.17) is 9.15 Å². The van der Waals surface area contributed by atoms with Crippen molar-refractivity contribution in [3.05, 3.63) is 24.2 Å². The number of nitrogens with one attached hydrogen (secondary N) is 2. The van der Waals surface area contributed by atoms with E-state index in [2.05, 4.69) is 34.4 Å². The maximum atomic E-state index is 5.37. The standard InChI is InChI=1S/C18H32N4O2/c1-15(2)22-11-7-16(8-12-22)21-18(20-10-14-23-3)19-9-6-17-5-4-13-24-17/h4-5,13,15-16H,6-12,14H2,1-3H3,(H2,19,20,21). The van der Waals surface area contributed by atoms with Gasteiger partial charge in [-0.25, -0.2) is 0 Å². The number of hydrogen-bond donors (Lipinski definition) is 2. The van der Waals surface area contributed by atoms with Crippen LogP contribution < -0.4 is 10.6 Å². The summed E-state index contributed by atoms with van der Waals surface area (Å²) in [6.45, 7) is 8.93. The minimum atomic E-state index is 0.484. The second kappa shape index (κ2) is 10.4. The summed E-state index contributed by atoms with van der Waals surface area (Å²) in [5, 5.41) is 6.99. The van der Waals surface area contributed by atoms with Crippen LogP contribution in [0.15, 0.2) is 27.8 Å². The van der Waals surface area contributed by atoms with E-state index in [-0.39, 0.29) is 0 Å². The number of aliphatic imine (C=N–C) groups is 1. The van der Waals surface area contributed by atoms with Crippen LogP contribution in [0.4, 0.5) is 0 Å². The van der Waals surface area contributed by atoms with Crippen molar-refractivity contribution >= 4 is 5.96 Å². The van der Waals surface area contributed by atoms with E-state index in [1.54, 1.807) is 13.4 Å². The van der Waals surface area contributed by atoms with Gasteiger partial charge in [0, 0.05) is 45.2 Å². The highest BCUT2D eigenvalue weighted by molar-refractivity contribution is 5.80. The van der Waals surface area contributed by atoms with Gasteiger partial charge in [-0.15, -0.1) is 0 Å². The molecule has 2 N–H and O–H groups in total. The predicted octanol–water partition coefficient (Wildman–Crippen LogP) is 1.88. The zero-order valence-corrected chi connectivity index (χ0v) is 15.3. The van der Waals surface area contributed by atoms with Gasteiger partial charge in [-0.2, -0.15) is 0 Å². The molecule has 0 unspecified atom stereocenters. The Hall–Kier alpha value is -1.53. The molecule has 0 bridgehead atoms. The predicted molar refractivity (Wildman–Crippen MR) is 97.5 cm³/mol. The Kier molecular flexibility index (Phi) is 8.12. The van der Waals surface area contributed by atoms with Crippen molar-refractivity contribution in [1.29, 1.82) is 0 Å². The first-order valence-electron chi connectivity index (χ1n) is 8.99. The highest BCUT2D eigenvalue weighted by atomic mass is 16.5. The lowest BCUT2D eigenvalue weighted by Crippen LogP contribution is -2.50. The zero-order chi connectivity index (χ0) is 17.2. The molecule has 1 aliphatic heterocycles. The third-order valence-electron chi connectivity index (χ3n) is 4.41. The molecule has 6 nitrogen and oxygen atoms in total. The first-order chi connectivity index (χ1) is 11.7. The van der Waals surface area contributed by atoms with Crippen LogP contribution in [-0.2, 0) is 11.2 Å². The van der Waals surface area contributed by atoms with Gasteiger partial charge < -0.3 is 24.7 Å². The summed E-state index contributed by atoms with van der Waals surface area (Å²) in [5.41, 5.74) is 0. The zero-order valence-electron chi connectivity index (χ0n) is 15.3. The van der Waals surface area contributed by atoms with Gasteiger partial charge in [0.15, 0.2) is 5.96 Å². The molecule has 1 aromatic rings. The number of likely N-dealkylation sites (tertiary alicyclic amines) is 1. The Morgan fingerprint density at radius 3 is 2.83 bits per heavy atom. The molecule has 1 saturated heterocycles. The lowest BCUT2D eigenvalue weighted by atomic mass is 10.0. The van der Waals surface area contributed by atoms with Gasteiger partial charge in [0.2, 0.25) is 0 Å². The number of guanidine groups is 1. The van der Waals surface area contributed by atoms with Crippen molar-refractivity contribution < 1.29 is 9.15 Å². The highest BCUT2D eigenvalue weighted by Crippen LogP contribution is 2.12. The second-order valence-electron chi connectivity index (χ2n) is 6.53. The normalized spacial score (nSPS) is 17.4. The molecular weight excluding hydrogens is 304 g/mol. The fourth-order valence-electron chi connectivity index (χ4n) is 2.91. The van der Waals surface area contributed by atoms with Crippen molar-refractivity contribution in [2.24, 2.45) is 4.99 Å². The van der Waals surface area contributed by atoms with E-state index >= 15 is 0 Å². The molecule has 136 valence electrons. The van der Waals surface area contributed by atoms with Crippen molar-refractivity contribution in [2.45, 2.75) is 45.2 Å². The Balaban J connectivity index is 1.78. The van der Waals surface area contributed by atoms with E-state index < -0.39 is 0 Å². The molecule has 1 fully saturated rings. The molecule has 2 heterocycles. The summed E-state index contributed by atoms with van der Waals surface area (Å²) < 4.78 is 10.5. The average Bonchev–Trinajstić information content (AvgIpc) is 3.09. The maximum absolute atomic E-state index is 5.37. The van der Waals surface area contributed by atoms with Gasteiger partial charge in [0.1, 0.15) is 5.76 Å². The molecule has 0 atom stereocenters. The number of nitrogens with zero attached hydrogens (tertiary/aromatic N) is 2. The molecule has 0 aromatic carbocycles. The van der Waals surface area contributed by atoms with E-state index in [1.807, 2.05) is 12.1 Å². The van der Waals surface area contributed by atoms with Gasteiger partial charge in [-0.3, -0.25) is 4.99 Å². The second-order valence-corrected chi connectivity index (χ2v) is 6.53. The minimum absolute atomic E-state index is 0.484. The molecule has 24 heavy (non-hydrogen) atoms. The molecule has 0 radical (unpaired) electrons. The van der Waals surface area contributed by atoms with Crippen LogP contribution in [0.1, 0.15) is 32.4 Å². The summed E-state index contributed by atoms with van der Waals surface area (Å²) in [6, 6.07) is 5.03. The van der Waals surface area contributed by atoms with Crippen molar-refractivity contribution in [3.8, 4) is 0 Å². The summed E-state index contributed by atoms with van der Waals surface area (Å²) in [4.78, 5) is 7.14. The first kappa shape index (κ1) is 18.8. The quantitative estimate of drug-likeness (QED) is 0.431.